The van der Waals surface area contributed by atoms with E-state index in [0.29, 0.717) is 12.0 Å². The standard InChI is InChI=1S/C19H23N3/c1-13-20-10-14(11-21-13)12-22-19-17-9-5-8-16(17)18(19)15-6-3-2-4-7-15/h2-4,6-7,10-11,16-19,22H,5,8-9,12H2,1H3/t16-,17-,18-,19-/m1/s1. The Morgan fingerprint density at radius 3 is 2.55 bits per heavy atom. The minimum Gasteiger partial charge on any atom is -0.309 e. The molecule has 2 aliphatic rings. The molecule has 1 N–H and O–H groups in total. The van der Waals surface area contributed by atoms with Crippen LogP contribution in [-0.2, 0) is 6.54 Å². The summed E-state index contributed by atoms with van der Waals surface area (Å²) < 4.78 is 0. The van der Waals surface area contributed by atoms with Crippen molar-refractivity contribution in [2.45, 2.75) is 44.7 Å². The van der Waals surface area contributed by atoms with Crippen molar-refractivity contribution in [2.24, 2.45) is 11.8 Å². The highest BCUT2D eigenvalue weighted by Crippen LogP contribution is 2.55. The number of aromatic nitrogens is 2. The molecule has 114 valence electrons. The van der Waals surface area contributed by atoms with Gasteiger partial charge in [-0.1, -0.05) is 36.8 Å². The van der Waals surface area contributed by atoms with E-state index in [2.05, 4.69) is 45.6 Å². The maximum absolute atomic E-state index is 4.29. The van der Waals surface area contributed by atoms with E-state index >= 15 is 0 Å². The van der Waals surface area contributed by atoms with E-state index in [4.69, 9.17) is 0 Å². The van der Waals surface area contributed by atoms with Gasteiger partial charge < -0.3 is 5.32 Å². The number of rotatable bonds is 4. The minimum absolute atomic E-state index is 0.608. The first-order valence-corrected chi connectivity index (χ1v) is 8.39. The third-order valence-electron chi connectivity index (χ3n) is 5.50. The summed E-state index contributed by atoms with van der Waals surface area (Å²) in [5.41, 5.74) is 2.68. The van der Waals surface area contributed by atoms with Gasteiger partial charge in [-0.15, -0.1) is 0 Å². The number of nitrogens with one attached hydrogen (secondary N) is 1. The van der Waals surface area contributed by atoms with Crippen LogP contribution in [0.3, 0.4) is 0 Å². The van der Waals surface area contributed by atoms with E-state index < -0.39 is 0 Å². The normalized spacial score (nSPS) is 29.9. The van der Waals surface area contributed by atoms with Crippen molar-refractivity contribution in [3.05, 3.63) is 59.7 Å². The molecule has 2 aliphatic carbocycles. The van der Waals surface area contributed by atoms with Gasteiger partial charge in [0, 0.05) is 36.5 Å². The Kier molecular flexibility index (Phi) is 3.67. The predicted octanol–water partition coefficient (Wildman–Crippen LogP) is 3.46. The highest BCUT2D eigenvalue weighted by atomic mass is 15.0. The van der Waals surface area contributed by atoms with Crippen LogP contribution in [0.15, 0.2) is 42.7 Å². The first-order valence-electron chi connectivity index (χ1n) is 8.39. The van der Waals surface area contributed by atoms with E-state index in [0.717, 1.165) is 24.2 Å². The minimum atomic E-state index is 0.608. The molecule has 0 bridgehead atoms. The molecule has 4 rings (SSSR count). The molecule has 4 atom stereocenters. The molecule has 0 unspecified atom stereocenters. The maximum Gasteiger partial charge on any atom is 0.125 e. The summed E-state index contributed by atoms with van der Waals surface area (Å²) in [5, 5.41) is 3.79. The molecule has 3 heteroatoms. The molecule has 22 heavy (non-hydrogen) atoms. The Labute approximate surface area is 132 Å². The molecular formula is C19H23N3. The van der Waals surface area contributed by atoms with Gasteiger partial charge in [0.15, 0.2) is 0 Å². The molecule has 0 spiro atoms. The smallest absolute Gasteiger partial charge is 0.125 e. The Bertz CT molecular complexity index is 623. The largest absolute Gasteiger partial charge is 0.309 e. The molecule has 2 aromatic rings. The molecule has 0 radical (unpaired) electrons. The van der Waals surface area contributed by atoms with Gasteiger partial charge in [-0.2, -0.15) is 0 Å². The number of benzene rings is 1. The van der Waals surface area contributed by atoms with Crippen molar-refractivity contribution in [1.82, 2.24) is 15.3 Å². The van der Waals surface area contributed by atoms with Gasteiger partial charge >= 0.3 is 0 Å². The number of nitrogens with zero attached hydrogens (tertiary/aromatic N) is 2. The number of hydrogen-bond donors (Lipinski definition) is 1. The van der Waals surface area contributed by atoms with E-state index in [9.17, 15) is 0 Å². The zero-order chi connectivity index (χ0) is 14.9. The summed E-state index contributed by atoms with van der Waals surface area (Å²) in [6.45, 7) is 2.80. The van der Waals surface area contributed by atoms with Gasteiger partial charge in [-0.25, -0.2) is 9.97 Å². The lowest BCUT2D eigenvalue weighted by molar-refractivity contribution is 0.0940. The van der Waals surface area contributed by atoms with Gasteiger partial charge in [-0.3, -0.25) is 0 Å². The molecule has 1 aromatic carbocycles. The fourth-order valence-electron chi connectivity index (χ4n) is 4.45. The van der Waals surface area contributed by atoms with Crippen molar-refractivity contribution < 1.29 is 0 Å². The Morgan fingerprint density at radius 2 is 1.77 bits per heavy atom. The molecular weight excluding hydrogens is 270 g/mol. The molecule has 0 amide bonds. The van der Waals surface area contributed by atoms with E-state index in [-0.39, 0.29) is 0 Å². The SMILES string of the molecule is Cc1ncc(CN[C@@H]2[C@@H]3CCC[C@H]3[C@H]2c2ccccc2)cn1. The summed E-state index contributed by atoms with van der Waals surface area (Å²) >= 11 is 0. The fourth-order valence-corrected chi connectivity index (χ4v) is 4.45. The first kappa shape index (κ1) is 13.9. The Hall–Kier alpha value is -1.74. The predicted molar refractivity (Wildman–Crippen MR) is 87.4 cm³/mol. The highest BCUT2D eigenvalue weighted by molar-refractivity contribution is 5.28. The van der Waals surface area contributed by atoms with Gasteiger partial charge in [-0.05, 0) is 37.2 Å². The molecule has 2 saturated carbocycles. The van der Waals surface area contributed by atoms with Crippen LogP contribution in [0.5, 0.6) is 0 Å². The lowest BCUT2D eigenvalue weighted by atomic mass is 9.60. The third-order valence-corrected chi connectivity index (χ3v) is 5.50. The molecule has 2 fully saturated rings. The first-order chi connectivity index (χ1) is 10.8. The van der Waals surface area contributed by atoms with E-state index in [1.54, 1.807) is 0 Å². The zero-order valence-corrected chi connectivity index (χ0v) is 13.1. The fraction of sp³-hybridized carbons (Fsp3) is 0.474. The number of fused-ring (bicyclic) bond motifs is 1. The summed E-state index contributed by atoms with van der Waals surface area (Å²) in [7, 11) is 0. The summed E-state index contributed by atoms with van der Waals surface area (Å²) in [4.78, 5) is 8.59. The molecule has 1 aromatic heterocycles. The molecule has 1 heterocycles. The average Bonchev–Trinajstić information content (AvgIpc) is 2.94. The molecule has 3 nitrogen and oxygen atoms in total. The summed E-state index contributed by atoms with van der Waals surface area (Å²) in [6, 6.07) is 11.6. The zero-order valence-electron chi connectivity index (χ0n) is 13.1. The van der Waals surface area contributed by atoms with Crippen LogP contribution in [0.4, 0.5) is 0 Å². The second kappa shape index (κ2) is 5.81. The number of aryl methyl sites for hydroxylation is 1. The average molecular weight is 293 g/mol. The second-order valence-electron chi connectivity index (χ2n) is 6.74. The van der Waals surface area contributed by atoms with Crippen LogP contribution in [0.1, 0.15) is 42.1 Å². The Balaban J connectivity index is 1.48. The van der Waals surface area contributed by atoms with Crippen LogP contribution in [-0.4, -0.2) is 16.0 Å². The summed E-state index contributed by atoms with van der Waals surface area (Å²) in [6.07, 6.45) is 8.06. The van der Waals surface area contributed by atoms with Crippen molar-refractivity contribution in [2.75, 3.05) is 0 Å². The van der Waals surface area contributed by atoms with Crippen LogP contribution >= 0.6 is 0 Å². The van der Waals surface area contributed by atoms with E-state index in [1.165, 1.54) is 30.4 Å². The van der Waals surface area contributed by atoms with Crippen molar-refractivity contribution in [1.29, 1.82) is 0 Å². The van der Waals surface area contributed by atoms with Crippen LogP contribution < -0.4 is 5.32 Å². The Morgan fingerprint density at radius 1 is 1.05 bits per heavy atom. The summed E-state index contributed by atoms with van der Waals surface area (Å²) in [5.74, 6) is 3.26. The van der Waals surface area contributed by atoms with Crippen LogP contribution in [0.25, 0.3) is 0 Å². The molecule has 0 aliphatic heterocycles. The number of hydrogen-bond acceptors (Lipinski definition) is 3. The van der Waals surface area contributed by atoms with Gasteiger partial charge in [0.1, 0.15) is 5.82 Å². The van der Waals surface area contributed by atoms with Crippen molar-refractivity contribution in [3.8, 4) is 0 Å². The van der Waals surface area contributed by atoms with Gasteiger partial charge in [0.2, 0.25) is 0 Å². The van der Waals surface area contributed by atoms with E-state index in [1.807, 2.05) is 19.3 Å². The monoisotopic (exact) mass is 293 g/mol. The quantitative estimate of drug-likeness (QED) is 0.938. The van der Waals surface area contributed by atoms with Crippen molar-refractivity contribution >= 4 is 0 Å². The maximum atomic E-state index is 4.29. The van der Waals surface area contributed by atoms with Crippen LogP contribution in [0, 0.1) is 18.8 Å². The topological polar surface area (TPSA) is 37.8 Å². The lowest BCUT2D eigenvalue weighted by Gasteiger charge is -2.50. The molecule has 0 saturated heterocycles. The lowest BCUT2D eigenvalue weighted by Crippen LogP contribution is -2.54. The van der Waals surface area contributed by atoms with Crippen molar-refractivity contribution in [3.63, 3.8) is 0 Å². The van der Waals surface area contributed by atoms with Gasteiger partial charge in [0.05, 0.1) is 0 Å². The highest BCUT2D eigenvalue weighted by Gasteiger charge is 2.52. The van der Waals surface area contributed by atoms with Crippen LogP contribution in [0.2, 0.25) is 0 Å². The second-order valence-corrected chi connectivity index (χ2v) is 6.74. The third kappa shape index (κ3) is 2.44. The van der Waals surface area contributed by atoms with Gasteiger partial charge in [0.25, 0.3) is 0 Å².